The zero-order valence-electron chi connectivity index (χ0n) is 10.4. The van der Waals surface area contributed by atoms with Crippen molar-refractivity contribution in [2.75, 3.05) is 13.6 Å². The molecule has 0 heterocycles. The monoisotopic (exact) mass is 211 g/mol. The molecular formula is C13H25NO. The first-order valence-corrected chi connectivity index (χ1v) is 6.30. The van der Waals surface area contributed by atoms with E-state index in [-0.39, 0.29) is 0 Å². The van der Waals surface area contributed by atoms with Gasteiger partial charge in [-0.05, 0) is 51.1 Å². The molecule has 0 amide bonds. The number of hydrogen-bond donors (Lipinski definition) is 1. The van der Waals surface area contributed by atoms with Gasteiger partial charge in [0.25, 0.3) is 0 Å². The van der Waals surface area contributed by atoms with E-state index in [1.165, 1.54) is 6.42 Å². The fourth-order valence-electron chi connectivity index (χ4n) is 2.85. The Morgan fingerprint density at radius 3 is 2.33 bits per heavy atom. The molecule has 0 aromatic carbocycles. The average molecular weight is 211 g/mol. The third-order valence-electron chi connectivity index (χ3n) is 3.48. The van der Waals surface area contributed by atoms with Crippen molar-refractivity contribution >= 4 is 5.78 Å². The van der Waals surface area contributed by atoms with E-state index in [0.29, 0.717) is 11.7 Å². The average Bonchev–Trinajstić information content (AvgIpc) is 2.16. The molecule has 1 aliphatic carbocycles. The van der Waals surface area contributed by atoms with Gasteiger partial charge in [0.15, 0.2) is 0 Å². The highest BCUT2D eigenvalue weighted by atomic mass is 16.1. The minimum atomic E-state index is 0.362. The van der Waals surface area contributed by atoms with Crippen molar-refractivity contribution in [3.05, 3.63) is 0 Å². The van der Waals surface area contributed by atoms with E-state index in [2.05, 4.69) is 19.2 Å². The summed E-state index contributed by atoms with van der Waals surface area (Å²) in [7, 11) is 1.94. The molecule has 88 valence electrons. The highest BCUT2D eigenvalue weighted by Gasteiger charge is 2.28. The fraction of sp³-hybridized carbons (Fsp3) is 0.923. The first-order chi connectivity index (χ1) is 7.13. The lowest BCUT2D eigenvalue weighted by Gasteiger charge is -2.30. The van der Waals surface area contributed by atoms with Crippen LogP contribution < -0.4 is 5.32 Å². The van der Waals surface area contributed by atoms with Gasteiger partial charge in [0.1, 0.15) is 5.78 Å². The number of ketones is 1. The van der Waals surface area contributed by atoms with Crippen molar-refractivity contribution in [1.82, 2.24) is 5.32 Å². The Bertz CT molecular complexity index is 193. The second kappa shape index (κ2) is 6.26. The molecule has 1 N–H and O–H groups in total. The Morgan fingerprint density at radius 1 is 1.20 bits per heavy atom. The summed E-state index contributed by atoms with van der Waals surface area (Å²) in [6, 6.07) is 0. The summed E-state index contributed by atoms with van der Waals surface area (Å²) < 4.78 is 0. The van der Waals surface area contributed by atoms with Crippen LogP contribution in [0.4, 0.5) is 0 Å². The highest BCUT2D eigenvalue weighted by Crippen LogP contribution is 2.33. The van der Waals surface area contributed by atoms with Gasteiger partial charge in [0.05, 0.1) is 0 Å². The van der Waals surface area contributed by atoms with Gasteiger partial charge in [-0.2, -0.15) is 0 Å². The quantitative estimate of drug-likeness (QED) is 0.708. The lowest BCUT2D eigenvalue weighted by molar-refractivity contribution is -0.124. The summed E-state index contributed by atoms with van der Waals surface area (Å²) >= 11 is 0. The molecule has 1 fully saturated rings. The molecule has 2 unspecified atom stereocenters. The van der Waals surface area contributed by atoms with Crippen LogP contribution in [0.2, 0.25) is 0 Å². The van der Waals surface area contributed by atoms with Gasteiger partial charge in [-0.25, -0.2) is 0 Å². The fourth-order valence-corrected chi connectivity index (χ4v) is 2.85. The SMILES string of the molecule is CNCCCC(=O)C1CC(C)CC(C)C1. The molecule has 0 saturated heterocycles. The van der Waals surface area contributed by atoms with Crippen molar-refractivity contribution in [2.45, 2.75) is 46.0 Å². The number of hydrogen-bond acceptors (Lipinski definition) is 2. The molecule has 1 aliphatic rings. The molecule has 1 saturated carbocycles. The van der Waals surface area contributed by atoms with Gasteiger partial charge < -0.3 is 5.32 Å². The van der Waals surface area contributed by atoms with Crippen LogP contribution in [-0.4, -0.2) is 19.4 Å². The van der Waals surface area contributed by atoms with Crippen LogP contribution in [0, 0.1) is 17.8 Å². The van der Waals surface area contributed by atoms with Gasteiger partial charge in [0.2, 0.25) is 0 Å². The third-order valence-corrected chi connectivity index (χ3v) is 3.48. The Kier molecular flexibility index (Phi) is 5.30. The van der Waals surface area contributed by atoms with Crippen LogP contribution in [0.5, 0.6) is 0 Å². The van der Waals surface area contributed by atoms with E-state index >= 15 is 0 Å². The van der Waals surface area contributed by atoms with Crippen LogP contribution in [0.3, 0.4) is 0 Å². The first kappa shape index (κ1) is 12.7. The third kappa shape index (κ3) is 4.33. The zero-order valence-corrected chi connectivity index (χ0v) is 10.4. The standard InChI is InChI=1S/C13H25NO/c1-10-7-11(2)9-12(8-10)13(15)5-4-6-14-3/h10-12,14H,4-9H2,1-3H3. The predicted octanol–water partition coefficient (Wildman–Crippen LogP) is 2.63. The molecule has 2 heteroatoms. The van der Waals surface area contributed by atoms with Gasteiger partial charge in [-0.15, -0.1) is 0 Å². The van der Waals surface area contributed by atoms with E-state index in [9.17, 15) is 4.79 Å². The highest BCUT2D eigenvalue weighted by molar-refractivity contribution is 5.81. The molecule has 0 spiro atoms. The maximum absolute atomic E-state index is 11.9. The lowest BCUT2D eigenvalue weighted by atomic mass is 9.74. The Morgan fingerprint density at radius 2 is 1.80 bits per heavy atom. The minimum Gasteiger partial charge on any atom is -0.320 e. The first-order valence-electron chi connectivity index (χ1n) is 6.30. The lowest BCUT2D eigenvalue weighted by Crippen LogP contribution is -2.26. The van der Waals surface area contributed by atoms with Crippen LogP contribution >= 0.6 is 0 Å². The molecule has 1 rings (SSSR count). The predicted molar refractivity (Wildman–Crippen MR) is 63.8 cm³/mol. The van der Waals surface area contributed by atoms with Crippen LogP contribution in [-0.2, 0) is 4.79 Å². The van der Waals surface area contributed by atoms with Crippen molar-refractivity contribution < 1.29 is 4.79 Å². The van der Waals surface area contributed by atoms with E-state index in [1.54, 1.807) is 0 Å². The van der Waals surface area contributed by atoms with E-state index in [1.807, 2.05) is 7.05 Å². The maximum Gasteiger partial charge on any atom is 0.136 e. The normalized spacial score (nSPS) is 31.5. The Balaban J connectivity index is 2.31. The van der Waals surface area contributed by atoms with Gasteiger partial charge in [0, 0.05) is 12.3 Å². The van der Waals surface area contributed by atoms with Crippen LogP contribution in [0.1, 0.15) is 46.0 Å². The summed E-state index contributed by atoms with van der Waals surface area (Å²) in [4.78, 5) is 11.9. The van der Waals surface area contributed by atoms with Gasteiger partial charge in [-0.3, -0.25) is 4.79 Å². The van der Waals surface area contributed by atoms with Crippen LogP contribution in [0.25, 0.3) is 0 Å². The summed E-state index contributed by atoms with van der Waals surface area (Å²) in [5.41, 5.74) is 0. The summed E-state index contributed by atoms with van der Waals surface area (Å²) in [6.07, 6.45) is 5.32. The largest absolute Gasteiger partial charge is 0.320 e. The van der Waals surface area contributed by atoms with E-state index in [4.69, 9.17) is 0 Å². The van der Waals surface area contributed by atoms with Crippen molar-refractivity contribution in [1.29, 1.82) is 0 Å². The molecule has 15 heavy (non-hydrogen) atoms. The number of carbonyl (C=O) groups excluding carboxylic acids is 1. The van der Waals surface area contributed by atoms with Gasteiger partial charge >= 0.3 is 0 Å². The van der Waals surface area contributed by atoms with E-state index in [0.717, 1.165) is 44.1 Å². The van der Waals surface area contributed by atoms with Crippen LogP contribution in [0.15, 0.2) is 0 Å². The topological polar surface area (TPSA) is 29.1 Å². The second-order valence-corrected chi connectivity index (χ2v) is 5.29. The van der Waals surface area contributed by atoms with Gasteiger partial charge in [-0.1, -0.05) is 13.8 Å². The number of Topliss-reactive ketones (excluding diaryl/α,β-unsaturated/α-hetero) is 1. The summed E-state index contributed by atoms with van der Waals surface area (Å²) in [5, 5.41) is 3.09. The molecule has 0 aromatic heterocycles. The Labute approximate surface area is 93.8 Å². The van der Waals surface area contributed by atoms with E-state index < -0.39 is 0 Å². The molecule has 0 aromatic rings. The maximum atomic E-state index is 11.9. The zero-order chi connectivity index (χ0) is 11.3. The minimum absolute atomic E-state index is 0.362. The molecule has 0 radical (unpaired) electrons. The number of rotatable bonds is 5. The molecule has 2 nitrogen and oxygen atoms in total. The Hall–Kier alpha value is -0.370. The van der Waals surface area contributed by atoms with Crippen molar-refractivity contribution in [2.24, 2.45) is 17.8 Å². The second-order valence-electron chi connectivity index (χ2n) is 5.29. The number of carbonyl (C=O) groups is 1. The smallest absolute Gasteiger partial charge is 0.136 e. The van der Waals surface area contributed by atoms with Crippen molar-refractivity contribution in [3.63, 3.8) is 0 Å². The number of nitrogens with one attached hydrogen (secondary N) is 1. The summed E-state index contributed by atoms with van der Waals surface area (Å²) in [5.74, 6) is 2.35. The molecular weight excluding hydrogens is 186 g/mol. The molecule has 0 aliphatic heterocycles. The van der Waals surface area contributed by atoms with Crippen molar-refractivity contribution in [3.8, 4) is 0 Å². The molecule has 2 atom stereocenters. The summed E-state index contributed by atoms with van der Waals surface area (Å²) in [6.45, 7) is 5.52. The molecule has 0 bridgehead atoms.